The molecule has 0 bridgehead atoms. The molecule has 0 aliphatic rings. The molecule has 1 aromatic rings. The van der Waals surface area contributed by atoms with Crippen LogP contribution in [0.15, 0.2) is 12.3 Å². The van der Waals surface area contributed by atoms with E-state index in [0.29, 0.717) is 0 Å². The highest BCUT2D eigenvalue weighted by molar-refractivity contribution is 5.55. The lowest BCUT2D eigenvalue weighted by atomic mass is 10.2. The van der Waals surface area contributed by atoms with Gasteiger partial charge in [-0.3, -0.25) is 4.98 Å². The SMILES string of the molecule is CCC(N)CNc1cc(C)ncc1OC. The van der Waals surface area contributed by atoms with Gasteiger partial charge in [-0.15, -0.1) is 0 Å². The first-order valence-electron chi connectivity index (χ1n) is 5.17. The molecule has 4 heteroatoms. The number of aromatic nitrogens is 1. The molecule has 0 amide bonds. The summed E-state index contributed by atoms with van der Waals surface area (Å²) < 4.78 is 5.20. The Hall–Kier alpha value is -1.29. The molecule has 15 heavy (non-hydrogen) atoms. The zero-order valence-corrected chi connectivity index (χ0v) is 9.58. The van der Waals surface area contributed by atoms with Crippen molar-refractivity contribution in [1.29, 1.82) is 0 Å². The van der Waals surface area contributed by atoms with Gasteiger partial charge >= 0.3 is 0 Å². The Bertz CT molecular complexity index is 315. The van der Waals surface area contributed by atoms with Crippen molar-refractivity contribution in [2.45, 2.75) is 26.3 Å². The number of anilines is 1. The molecule has 0 spiro atoms. The average molecular weight is 209 g/mol. The van der Waals surface area contributed by atoms with E-state index in [1.165, 1.54) is 0 Å². The predicted molar refractivity (Wildman–Crippen MR) is 62.3 cm³/mol. The minimum absolute atomic E-state index is 0.170. The molecule has 0 aliphatic heterocycles. The van der Waals surface area contributed by atoms with E-state index in [9.17, 15) is 0 Å². The van der Waals surface area contributed by atoms with Gasteiger partial charge in [0.1, 0.15) is 0 Å². The molecule has 1 heterocycles. The van der Waals surface area contributed by atoms with Crippen LogP contribution in [0.25, 0.3) is 0 Å². The lowest BCUT2D eigenvalue weighted by molar-refractivity contribution is 0.414. The van der Waals surface area contributed by atoms with E-state index < -0.39 is 0 Å². The summed E-state index contributed by atoms with van der Waals surface area (Å²) in [6.45, 7) is 4.77. The van der Waals surface area contributed by atoms with Gasteiger partial charge in [0, 0.05) is 18.3 Å². The molecule has 1 aromatic heterocycles. The van der Waals surface area contributed by atoms with Gasteiger partial charge in [0.2, 0.25) is 0 Å². The summed E-state index contributed by atoms with van der Waals surface area (Å²) in [5, 5.41) is 3.27. The predicted octanol–water partition coefficient (Wildman–Crippen LogP) is 1.55. The third kappa shape index (κ3) is 3.40. The number of ether oxygens (including phenoxy) is 1. The Labute approximate surface area is 90.8 Å². The minimum atomic E-state index is 0.170. The van der Waals surface area contributed by atoms with Crippen molar-refractivity contribution in [2.24, 2.45) is 5.73 Å². The van der Waals surface area contributed by atoms with Crippen molar-refractivity contribution < 1.29 is 4.74 Å². The number of aryl methyl sites for hydroxylation is 1. The molecule has 0 aromatic carbocycles. The van der Waals surface area contributed by atoms with Crippen molar-refractivity contribution in [3.63, 3.8) is 0 Å². The van der Waals surface area contributed by atoms with E-state index in [1.807, 2.05) is 13.0 Å². The summed E-state index contributed by atoms with van der Waals surface area (Å²) in [5.41, 5.74) is 7.75. The number of hydrogen-bond donors (Lipinski definition) is 2. The Morgan fingerprint density at radius 3 is 2.93 bits per heavy atom. The fourth-order valence-corrected chi connectivity index (χ4v) is 1.23. The monoisotopic (exact) mass is 209 g/mol. The van der Waals surface area contributed by atoms with E-state index in [-0.39, 0.29) is 6.04 Å². The molecule has 0 saturated heterocycles. The maximum absolute atomic E-state index is 5.83. The number of hydrogen-bond acceptors (Lipinski definition) is 4. The molecule has 0 saturated carbocycles. The van der Waals surface area contributed by atoms with Gasteiger partial charge in [0.25, 0.3) is 0 Å². The van der Waals surface area contributed by atoms with Gasteiger partial charge in [0.15, 0.2) is 5.75 Å². The summed E-state index contributed by atoms with van der Waals surface area (Å²) >= 11 is 0. The molecule has 0 fully saturated rings. The average Bonchev–Trinajstić information content (AvgIpc) is 2.26. The molecule has 84 valence electrons. The van der Waals surface area contributed by atoms with E-state index in [2.05, 4.69) is 17.2 Å². The number of methoxy groups -OCH3 is 1. The van der Waals surface area contributed by atoms with Crippen molar-refractivity contribution in [1.82, 2.24) is 4.98 Å². The molecule has 0 radical (unpaired) electrons. The van der Waals surface area contributed by atoms with Crippen LogP contribution < -0.4 is 15.8 Å². The van der Waals surface area contributed by atoms with Crippen LogP contribution in [0.5, 0.6) is 5.75 Å². The lowest BCUT2D eigenvalue weighted by Crippen LogP contribution is -2.28. The lowest BCUT2D eigenvalue weighted by Gasteiger charge is -2.14. The summed E-state index contributed by atoms with van der Waals surface area (Å²) in [6, 6.07) is 2.13. The highest BCUT2D eigenvalue weighted by atomic mass is 16.5. The third-order valence-corrected chi connectivity index (χ3v) is 2.30. The van der Waals surface area contributed by atoms with Gasteiger partial charge in [-0.25, -0.2) is 0 Å². The zero-order valence-electron chi connectivity index (χ0n) is 9.58. The number of nitrogens with zero attached hydrogens (tertiary/aromatic N) is 1. The van der Waals surface area contributed by atoms with Crippen LogP contribution in [0.4, 0.5) is 5.69 Å². The smallest absolute Gasteiger partial charge is 0.160 e. The molecule has 3 N–H and O–H groups in total. The topological polar surface area (TPSA) is 60.2 Å². The van der Waals surface area contributed by atoms with E-state index in [1.54, 1.807) is 13.3 Å². The summed E-state index contributed by atoms with van der Waals surface area (Å²) in [6.07, 6.45) is 2.68. The van der Waals surface area contributed by atoms with Crippen LogP contribution in [0.2, 0.25) is 0 Å². The number of nitrogens with one attached hydrogen (secondary N) is 1. The molecule has 1 unspecified atom stereocenters. The van der Waals surface area contributed by atoms with Crippen LogP contribution in [0, 0.1) is 6.92 Å². The normalized spacial score (nSPS) is 12.3. The first-order valence-corrected chi connectivity index (χ1v) is 5.17. The van der Waals surface area contributed by atoms with Crippen molar-refractivity contribution >= 4 is 5.69 Å². The van der Waals surface area contributed by atoms with Gasteiger partial charge in [-0.1, -0.05) is 6.92 Å². The van der Waals surface area contributed by atoms with E-state index >= 15 is 0 Å². The van der Waals surface area contributed by atoms with Gasteiger partial charge < -0.3 is 15.8 Å². The Morgan fingerprint density at radius 1 is 1.60 bits per heavy atom. The second-order valence-corrected chi connectivity index (χ2v) is 3.58. The minimum Gasteiger partial charge on any atom is -0.493 e. The van der Waals surface area contributed by atoms with Gasteiger partial charge in [0.05, 0.1) is 19.0 Å². The van der Waals surface area contributed by atoms with Crippen LogP contribution >= 0.6 is 0 Å². The molecule has 1 atom stereocenters. The van der Waals surface area contributed by atoms with Crippen molar-refractivity contribution in [2.75, 3.05) is 19.0 Å². The fraction of sp³-hybridized carbons (Fsp3) is 0.545. The molecule has 1 rings (SSSR count). The maximum Gasteiger partial charge on any atom is 0.160 e. The largest absolute Gasteiger partial charge is 0.493 e. The number of rotatable bonds is 5. The third-order valence-electron chi connectivity index (χ3n) is 2.30. The zero-order chi connectivity index (χ0) is 11.3. The number of pyridine rings is 1. The Balaban J connectivity index is 2.69. The molecular weight excluding hydrogens is 190 g/mol. The summed E-state index contributed by atoms with van der Waals surface area (Å²) in [7, 11) is 1.64. The maximum atomic E-state index is 5.83. The summed E-state index contributed by atoms with van der Waals surface area (Å²) in [4.78, 5) is 4.16. The fourth-order valence-electron chi connectivity index (χ4n) is 1.23. The van der Waals surface area contributed by atoms with Gasteiger partial charge in [-0.05, 0) is 19.4 Å². The van der Waals surface area contributed by atoms with Crippen LogP contribution in [-0.4, -0.2) is 24.7 Å². The van der Waals surface area contributed by atoms with Crippen LogP contribution in [0.3, 0.4) is 0 Å². The molecule has 4 nitrogen and oxygen atoms in total. The Morgan fingerprint density at radius 2 is 2.33 bits per heavy atom. The van der Waals surface area contributed by atoms with Crippen molar-refractivity contribution in [3.05, 3.63) is 18.0 Å². The highest BCUT2D eigenvalue weighted by Crippen LogP contribution is 2.23. The second kappa shape index (κ2) is 5.56. The molecule has 0 aliphatic carbocycles. The van der Waals surface area contributed by atoms with Crippen LogP contribution in [0.1, 0.15) is 19.0 Å². The first-order chi connectivity index (χ1) is 7.17. The van der Waals surface area contributed by atoms with E-state index in [0.717, 1.165) is 30.1 Å². The number of nitrogens with two attached hydrogens (primary N) is 1. The quantitative estimate of drug-likeness (QED) is 0.772. The molecular formula is C11H19N3O. The van der Waals surface area contributed by atoms with Gasteiger partial charge in [-0.2, -0.15) is 0 Å². The van der Waals surface area contributed by atoms with E-state index in [4.69, 9.17) is 10.5 Å². The highest BCUT2D eigenvalue weighted by Gasteiger charge is 2.05. The van der Waals surface area contributed by atoms with Crippen molar-refractivity contribution in [3.8, 4) is 5.75 Å². The van der Waals surface area contributed by atoms with Crippen LogP contribution in [-0.2, 0) is 0 Å². The standard InChI is InChI=1S/C11H19N3O/c1-4-9(12)6-14-10-5-8(2)13-7-11(10)15-3/h5,7,9H,4,6,12H2,1-3H3,(H,13,14). The second-order valence-electron chi connectivity index (χ2n) is 3.58. The Kier molecular flexibility index (Phi) is 4.37. The summed E-state index contributed by atoms with van der Waals surface area (Å²) in [5.74, 6) is 0.754. The first kappa shape index (κ1) is 11.8.